The molecular formula is C13H17NO2. The maximum absolute atomic E-state index is 11.2. The zero-order valence-electron chi connectivity index (χ0n) is 9.99. The molecule has 1 aromatic carbocycles. The largest absolute Gasteiger partial charge is 0.457 e. The third-order valence-electron chi connectivity index (χ3n) is 2.17. The van der Waals surface area contributed by atoms with Gasteiger partial charge < -0.3 is 9.64 Å². The Morgan fingerprint density at radius 1 is 1.31 bits per heavy atom. The second-order valence-electron chi connectivity index (χ2n) is 3.92. The van der Waals surface area contributed by atoms with Crippen molar-refractivity contribution < 1.29 is 9.53 Å². The number of nitrogens with zero attached hydrogens (tertiary/aromatic N) is 1. The molecule has 3 heteroatoms. The molecule has 0 amide bonds. The van der Waals surface area contributed by atoms with Crippen LogP contribution in [0, 0.1) is 0 Å². The number of rotatable bonds is 4. The first-order valence-corrected chi connectivity index (χ1v) is 5.09. The molecule has 86 valence electrons. The number of hydrogen-bond donors (Lipinski definition) is 0. The van der Waals surface area contributed by atoms with Gasteiger partial charge in [-0.05, 0) is 24.6 Å². The van der Waals surface area contributed by atoms with Crippen LogP contribution in [0.2, 0.25) is 0 Å². The highest BCUT2D eigenvalue weighted by molar-refractivity contribution is 5.86. The zero-order chi connectivity index (χ0) is 12.1. The Balaban J connectivity index is 2.56. The summed E-state index contributed by atoms with van der Waals surface area (Å²) >= 11 is 0. The minimum absolute atomic E-state index is 0.291. The van der Waals surface area contributed by atoms with Crippen molar-refractivity contribution in [1.82, 2.24) is 0 Å². The maximum Gasteiger partial charge on any atom is 0.333 e. The average Bonchev–Trinajstić information content (AvgIpc) is 2.26. The molecule has 0 aliphatic heterocycles. The first-order valence-electron chi connectivity index (χ1n) is 5.09. The molecule has 0 atom stereocenters. The van der Waals surface area contributed by atoms with Crippen molar-refractivity contribution in [1.29, 1.82) is 0 Å². The summed E-state index contributed by atoms with van der Waals surface area (Å²) in [5, 5.41) is 0. The molecule has 0 N–H and O–H groups in total. The SMILES string of the molecule is C=C(C)C(=O)OCc1ccc(N(C)C)cc1. The molecule has 0 heterocycles. The third kappa shape index (κ3) is 3.42. The molecule has 0 spiro atoms. The molecule has 0 radical (unpaired) electrons. The molecular weight excluding hydrogens is 202 g/mol. The molecule has 1 rings (SSSR count). The predicted octanol–water partition coefficient (Wildman–Crippen LogP) is 2.37. The van der Waals surface area contributed by atoms with Crippen LogP contribution in [0.4, 0.5) is 5.69 Å². The lowest BCUT2D eigenvalue weighted by molar-refractivity contribution is -0.140. The van der Waals surface area contributed by atoms with Gasteiger partial charge in [0.25, 0.3) is 0 Å². The number of ether oxygens (including phenoxy) is 1. The Labute approximate surface area is 96.3 Å². The van der Waals surface area contributed by atoms with E-state index >= 15 is 0 Å². The van der Waals surface area contributed by atoms with Gasteiger partial charge in [-0.2, -0.15) is 0 Å². The zero-order valence-corrected chi connectivity index (χ0v) is 9.99. The highest BCUT2D eigenvalue weighted by atomic mass is 16.5. The molecule has 0 saturated carbocycles. The van der Waals surface area contributed by atoms with Crippen LogP contribution in [-0.4, -0.2) is 20.1 Å². The van der Waals surface area contributed by atoms with E-state index in [4.69, 9.17) is 4.74 Å². The second kappa shape index (κ2) is 5.35. The van der Waals surface area contributed by atoms with Crippen LogP contribution in [0.3, 0.4) is 0 Å². The maximum atomic E-state index is 11.2. The van der Waals surface area contributed by atoms with Gasteiger partial charge in [0.15, 0.2) is 0 Å². The molecule has 0 aliphatic rings. The summed E-state index contributed by atoms with van der Waals surface area (Å²) in [6.07, 6.45) is 0. The molecule has 1 aromatic rings. The highest BCUT2D eigenvalue weighted by Crippen LogP contribution is 2.13. The summed E-state index contributed by atoms with van der Waals surface area (Å²) in [6.45, 7) is 5.45. The molecule has 0 saturated heterocycles. The Hall–Kier alpha value is -1.77. The van der Waals surface area contributed by atoms with E-state index in [0.717, 1.165) is 11.3 Å². The summed E-state index contributed by atoms with van der Waals surface area (Å²) in [5.41, 5.74) is 2.51. The fourth-order valence-corrected chi connectivity index (χ4v) is 1.16. The monoisotopic (exact) mass is 219 g/mol. The fraction of sp³-hybridized carbons (Fsp3) is 0.308. The summed E-state index contributed by atoms with van der Waals surface area (Å²) in [4.78, 5) is 13.2. The lowest BCUT2D eigenvalue weighted by atomic mass is 10.2. The minimum Gasteiger partial charge on any atom is -0.457 e. The Morgan fingerprint density at radius 3 is 2.31 bits per heavy atom. The van der Waals surface area contributed by atoms with Crippen LogP contribution in [-0.2, 0) is 16.1 Å². The van der Waals surface area contributed by atoms with E-state index in [9.17, 15) is 4.79 Å². The van der Waals surface area contributed by atoms with E-state index in [-0.39, 0.29) is 5.97 Å². The van der Waals surface area contributed by atoms with Crippen LogP contribution >= 0.6 is 0 Å². The van der Waals surface area contributed by atoms with Gasteiger partial charge in [0.05, 0.1) is 0 Å². The number of carbonyl (C=O) groups is 1. The average molecular weight is 219 g/mol. The van der Waals surface area contributed by atoms with Crippen molar-refractivity contribution >= 4 is 11.7 Å². The molecule has 16 heavy (non-hydrogen) atoms. The number of benzene rings is 1. The summed E-state index contributed by atoms with van der Waals surface area (Å²) in [6, 6.07) is 7.87. The van der Waals surface area contributed by atoms with Gasteiger partial charge in [0.1, 0.15) is 6.61 Å². The van der Waals surface area contributed by atoms with Gasteiger partial charge >= 0.3 is 5.97 Å². The Bertz CT molecular complexity index is 379. The van der Waals surface area contributed by atoms with Crippen molar-refractivity contribution in [3.8, 4) is 0 Å². The smallest absolute Gasteiger partial charge is 0.333 e. The first kappa shape index (κ1) is 12.3. The van der Waals surface area contributed by atoms with Gasteiger partial charge in [-0.15, -0.1) is 0 Å². The molecule has 3 nitrogen and oxygen atoms in total. The van der Waals surface area contributed by atoms with Crippen molar-refractivity contribution in [2.75, 3.05) is 19.0 Å². The van der Waals surface area contributed by atoms with E-state index in [0.29, 0.717) is 12.2 Å². The fourth-order valence-electron chi connectivity index (χ4n) is 1.16. The van der Waals surface area contributed by atoms with Crippen LogP contribution < -0.4 is 4.90 Å². The normalized spacial score (nSPS) is 9.69. The first-order chi connectivity index (χ1) is 7.50. The number of carbonyl (C=O) groups excluding carboxylic acids is 1. The molecule has 0 aliphatic carbocycles. The van der Waals surface area contributed by atoms with Crippen LogP contribution in [0.15, 0.2) is 36.4 Å². The number of esters is 1. The van der Waals surface area contributed by atoms with Gasteiger partial charge in [0.2, 0.25) is 0 Å². The lowest BCUT2D eigenvalue weighted by Crippen LogP contribution is -2.08. The van der Waals surface area contributed by atoms with Crippen molar-refractivity contribution in [3.63, 3.8) is 0 Å². The summed E-state index contributed by atoms with van der Waals surface area (Å²) < 4.78 is 5.04. The number of hydrogen-bond acceptors (Lipinski definition) is 3. The van der Waals surface area contributed by atoms with Crippen LogP contribution in [0.5, 0.6) is 0 Å². The molecule has 0 aromatic heterocycles. The van der Waals surface area contributed by atoms with E-state index in [1.54, 1.807) is 6.92 Å². The van der Waals surface area contributed by atoms with E-state index in [2.05, 4.69) is 6.58 Å². The van der Waals surface area contributed by atoms with Crippen molar-refractivity contribution in [2.45, 2.75) is 13.5 Å². The van der Waals surface area contributed by atoms with Crippen LogP contribution in [0.1, 0.15) is 12.5 Å². The molecule has 0 unspecified atom stereocenters. The standard InChI is InChI=1S/C13H17NO2/c1-10(2)13(15)16-9-11-5-7-12(8-6-11)14(3)4/h5-8H,1,9H2,2-4H3. The Morgan fingerprint density at radius 2 is 1.88 bits per heavy atom. The van der Waals surface area contributed by atoms with E-state index in [1.165, 1.54) is 0 Å². The van der Waals surface area contributed by atoms with Gasteiger partial charge in [0, 0.05) is 25.4 Å². The van der Waals surface area contributed by atoms with E-state index in [1.807, 2.05) is 43.3 Å². The van der Waals surface area contributed by atoms with Gasteiger partial charge in [-0.25, -0.2) is 4.79 Å². The lowest BCUT2D eigenvalue weighted by Gasteiger charge is -2.12. The Kier molecular flexibility index (Phi) is 4.11. The van der Waals surface area contributed by atoms with Crippen LogP contribution in [0.25, 0.3) is 0 Å². The molecule has 0 bridgehead atoms. The topological polar surface area (TPSA) is 29.5 Å². The third-order valence-corrected chi connectivity index (χ3v) is 2.17. The second-order valence-corrected chi connectivity index (χ2v) is 3.92. The van der Waals surface area contributed by atoms with Crippen molar-refractivity contribution in [3.05, 3.63) is 42.0 Å². The molecule has 0 fully saturated rings. The summed E-state index contributed by atoms with van der Waals surface area (Å²) in [7, 11) is 3.96. The quantitative estimate of drug-likeness (QED) is 0.575. The van der Waals surface area contributed by atoms with Gasteiger partial charge in [-0.3, -0.25) is 0 Å². The highest BCUT2D eigenvalue weighted by Gasteiger charge is 2.03. The van der Waals surface area contributed by atoms with Crippen molar-refractivity contribution in [2.24, 2.45) is 0 Å². The minimum atomic E-state index is -0.350. The van der Waals surface area contributed by atoms with E-state index < -0.39 is 0 Å². The summed E-state index contributed by atoms with van der Waals surface area (Å²) in [5.74, 6) is -0.350. The predicted molar refractivity (Wildman–Crippen MR) is 65.4 cm³/mol. The van der Waals surface area contributed by atoms with Gasteiger partial charge in [-0.1, -0.05) is 18.7 Å². The number of anilines is 1.